The third-order valence-corrected chi connectivity index (χ3v) is 3.90. The lowest BCUT2D eigenvalue weighted by molar-refractivity contribution is 0.150. The van der Waals surface area contributed by atoms with E-state index in [0.29, 0.717) is 5.75 Å². The first-order valence-corrected chi connectivity index (χ1v) is 6.99. The van der Waals surface area contributed by atoms with Crippen LogP contribution in [-0.4, -0.2) is 14.2 Å². The summed E-state index contributed by atoms with van der Waals surface area (Å²) < 4.78 is 24.9. The van der Waals surface area contributed by atoms with E-state index in [1.807, 2.05) is 31.3 Å². The van der Waals surface area contributed by atoms with E-state index in [1.54, 1.807) is 13.2 Å². The molecule has 3 nitrogen and oxygen atoms in total. The molecule has 0 fully saturated rings. The minimum Gasteiger partial charge on any atom is -0.496 e. The fraction of sp³-hybridized carbons (Fsp3) is 0.294. The summed E-state index contributed by atoms with van der Waals surface area (Å²) in [5.41, 5.74) is 1.97. The lowest BCUT2D eigenvalue weighted by atomic mass is 9.92. The Balaban J connectivity index is 2.00. The number of nitrogens with one attached hydrogen (secondary N) is 1. The van der Waals surface area contributed by atoms with Crippen LogP contribution in [0.1, 0.15) is 29.7 Å². The number of hydrogen-bond donors (Lipinski definition) is 1. The molecule has 0 aliphatic carbocycles. The van der Waals surface area contributed by atoms with Crippen LogP contribution in [0.2, 0.25) is 0 Å². The van der Waals surface area contributed by atoms with Crippen molar-refractivity contribution >= 4 is 0 Å². The van der Waals surface area contributed by atoms with E-state index in [1.165, 1.54) is 12.1 Å². The largest absolute Gasteiger partial charge is 0.496 e. The Morgan fingerprint density at radius 1 is 1.19 bits per heavy atom. The fourth-order valence-electron chi connectivity index (χ4n) is 2.84. The number of ether oxygens (including phenoxy) is 2. The number of hydrogen-bond acceptors (Lipinski definition) is 3. The van der Waals surface area contributed by atoms with Crippen molar-refractivity contribution in [3.05, 3.63) is 59.4 Å². The number of para-hydroxylation sites is 1. The highest BCUT2D eigenvalue weighted by molar-refractivity contribution is 5.42. The van der Waals surface area contributed by atoms with Crippen molar-refractivity contribution in [2.24, 2.45) is 0 Å². The molecule has 1 heterocycles. The molecule has 2 aromatic rings. The van der Waals surface area contributed by atoms with Crippen molar-refractivity contribution in [3.63, 3.8) is 0 Å². The molecule has 2 aromatic carbocycles. The summed E-state index contributed by atoms with van der Waals surface area (Å²) in [7, 11) is 3.55. The molecule has 110 valence electrons. The Morgan fingerprint density at radius 2 is 2.00 bits per heavy atom. The van der Waals surface area contributed by atoms with E-state index in [9.17, 15) is 4.39 Å². The number of fused-ring (bicyclic) bond motifs is 1. The van der Waals surface area contributed by atoms with E-state index in [4.69, 9.17) is 9.47 Å². The summed E-state index contributed by atoms with van der Waals surface area (Å²) in [6.07, 6.45) is 0.614. The van der Waals surface area contributed by atoms with Gasteiger partial charge in [0.25, 0.3) is 0 Å². The normalized spacial score (nSPS) is 20.5. The van der Waals surface area contributed by atoms with E-state index < -0.39 is 0 Å². The standard InChI is InChI=1S/C17H18FNO2/c1-19-14-10-17(13-5-3-4-6-15(13)20-2)21-16-9-11(18)7-8-12(14)16/h3-9,14,17,19H,10H2,1-2H3. The first-order chi connectivity index (χ1) is 10.2. The lowest BCUT2D eigenvalue weighted by Crippen LogP contribution is -2.27. The molecule has 0 aromatic heterocycles. The zero-order valence-corrected chi connectivity index (χ0v) is 12.1. The van der Waals surface area contributed by atoms with Crippen LogP contribution in [0.5, 0.6) is 11.5 Å². The minimum atomic E-state index is -0.288. The Kier molecular flexibility index (Phi) is 3.80. The highest BCUT2D eigenvalue weighted by Crippen LogP contribution is 2.42. The van der Waals surface area contributed by atoms with E-state index in [2.05, 4.69) is 5.32 Å². The second kappa shape index (κ2) is 5.74. The number of halogens is 1. The summed E-state index contributed by atoms with van der Waals surface area (Å²) >= 11 is 0. The highest BCUT2D eigenvalue weighted by atomic mass is 19.1. The zero-order valence-electron chi connectivity index (χ0n) is 12.1. The molecule has 2 unspecified atom stereocenters. The van der Waals surface area contributed by atoms with E-state index in [-0.39, 0.29) is 18.0 Å². The van der Waals surface area contributed by atoms with Crippen molar-refractivity contribution in [1.29, 1.82) is 0 Å². The summed E-state index contributed by atoms with van der Waals surface area (Å²) in [6, 6.07) is 12.6. The molecule has 4 heteroatoms. The van der Waals surface area contributed by atoms with Crippen LogP contribution in [0.4, 0.5) is 4.39 Å². The topological polar surface area (TPSA) is 30.5 Å². The monoisotopic (exact) mass is 287 g/mol. The number of benzene rings is 2. The molecule has 0 amide bonds. The van der Waals surface area contributed by atoms with Gasteiger partial charge in [-0.3, -0.25) is 0 Å². The van der Waals surface area contributed by atoms with Gasteiger partial charge in [0, 0.05) is 29.7 Å². The maximum Gasteiger partial charge on any atom is 0.129 e. The summed E-state index contributed by atoms with van der Waals surface area (Å²) in [4.78, 5) is 0. The molecule has 1 aliphatic heterocycles. The Morgan fingerprint density at radius 3 is 2.76 bits per heavy atom. The molecule has 21 heavy (non-hydrogen) atoms. The predicted molar refractivity (Wildman–Crippen MR) is 79.2 cm³/mol. The summed E-state index contributed by atoms with van der Waals surface area (Å²) in [6.45, 7) is 0. The maximum absolute atomic E-state index is 13.5. The Bertz CT molecular complexity index is 644. The van der Waals surface area contributed by atoms with Gasteiger partial charge in [-0.15, -0.1) is 0 Å². The molecule has 1 N–H and O–H groups in total. The zero-order chi connectivity index (χ0) is 14.8. The molecule has 0 spiro atoms. The lowest BCUT2D eigenvalue weighted by Gasteiger charge is -2.33. The molecule has 0 radical (unpaired) electrons. The van der Waals surface area contributed by atoms with Gasteiger partial charge in [0.15, 0.2) is 0 Å². The van der Waals surface area contributed by atoms with Crippen LogP contribution in [0.25, 0.3) is 0 Å². The molecule has 2 atom stereocenters. The molecular weight excluding hydrogens is 269 g/mol. The van der Waals surface area contributed by atoms with Gasteiger partial charge in [0.05, 0.1) is 7.11 Å². The van der Waals surface area contributed by atoms with Gasteiger partial charge in [-0.2, -0.15) is 0 Å². The van der Waals surface area contributed by atoms with Crippen molar-refractivity contribution in [3.8, 4) is 11.5 Å². The van der Waals surface area contributed by atoms with Crippen LogP contribution < -0.4 is 14.8 Å². The summed E-state index contributed by atoms with van der Waals surface area (Å²) in [5, 5.41) is 3.27. The van der Waals surface area contributed by atoms with Crippen LogP contribution in [0.15, 0.2) is 42.5 Å². The molecule has 0 saturated heterocycles. The SMILES string of the molecule is CNC1CC(c2ccccc2OC)Oc2cc(F)ccc21. The van der Waals surface area contributed by atoms with Crippen LogP contribution in [0.3, 0.4) is 0 Å². The maximum atomic E-state index is 13.5. The van der Waals surface area contributed by atoms with Gasteiger partial charge >= 0.3 is 0 Å². The third kappa shape index (κ3) is 2.59. The average molecular weight is 287 g/mol. The number of rotatable bonds is 3. The second-order valence-electron chi connectivity index (χ2n) is 5.11. The van der Waals surface area contributed by atoms with Gasteiger partial charge in [0.1, 0.15) is 23.4 Å². The van der Waals surface area contributed by atoms with Crippen LogP contribution in [-0.2, 0) is 0 Å². The van der Waals surface area contributed by atoms with Gasteiger partial charge in [0.2, 0.25) is 0 Å². The predicted octanol–water partition coefficient (Wildman–Crippen LogP) is 3.62. The molecule has 3 rings (SSSR count). The smallest absolute Gasteiger partial charge is 0.129 e. The van der Waals surface area contributed by atoms with Crippen molar-refractivity contribution in [2.45, 2.75) is 18.6 Å². The average Bonchev–Trinajstić information content (AvgIpc) is 2.53. The Labute approximate surface area is 123 Å². The van der Waals surface area contributed by atoms with Crippen molar-refractivity contribution < 1.29 is 13.9 Å². The van der Waals surface area contributed by atoms with Gasteiger partial charge < -0.3 is 14.8 Å². The van der Waals surface area contributed by atoms with Crippen molar-refractivity contribution in [1.82, 2.24) is 5.32 Å². The quantitative estimate of drug-likeness (QED) is 0.935. The molecule has 0 bridgehead atoms. The third-order valence-electron chi connectivity index (χ3n) is 3.90. The van der Waals surface area contributed by atoms with Crippen LogP contribution >= 0.6 is 0 Å². The second-order valence-corrected chi connectivity index (χ2v) is 5.11. The van der Waals surface area contributed by atoms with Gasteiger partial charge in [-0.05, 0) is 19.2 Å². The van der Waals surface area contributed by atoms with Crippen LogP contribution in [0, 0.1) is 5.82 Å². The summed E-state index contributed by atoms with van der Waals surface area (Å²) in [5.74, 6) is 1.10. The molecular formula is C17H18FNO2. The highest BCUT2D eigenvalue weighted by Gasteiger charge is 2.30. The van der Waals surface area contributed by atoms with E-state index in [0.717, 1.165) is 23.3 Å². The van der Waals surface area contributed by atoms with Crippen molar-refractivity contribution in [2.75, 3.05) is 14.2 Å². The van der Waals surface area contributed by atoms with E-state index >= 15 is 0 Å². The van der Waals surface area contributed by atoms with Gasteiger partial charge in [-0.25, -0.2) is 4.39 Å². The molecule has 1 aliphatic rings. The minimum absolute atomic E-state index is 0.129. The molecule has 0 saturated carbocycles. The fourth-order valence-corrected chi connectivity index (χ4v) is 2.84. The first kappa shape index (κ1) is 13.9. The first-order valence-electron chi connectivity index (χ1n) is 6.99. The van der Waals surface area contributed by atoms with Gasteiger partial charge in [-0.1, -0.05) is 24.3 Å². The Hall–Kier alpha value is -2.07. The number of methoxy groups -OCH3 is 1.